The summed E-state index contributed by atoms with van der Waals surface area (Å²) < 4.78 is 5.56. The topological polar surface area (TPSA) is 95.7 Å². The van der Waals surface area contributed by atoms with E-state index in [2.05, 4.69) is 10.3 Å². The van der Waals surface area contributed by atoms with Crippen LogP contribution in [0.3, 0.4) is 0 Å². The summed E-state index contributed by atoms with van der Waals surface area (Å²) in [6.07, 6.45) is 4.47. The number of aromatic nitrogens is 1. The van der Waals surface area contributed by atoms with E-state index in [4.69, 9.17) is 4.42 Å². The molecule has 0 radical (unpaired) electrons. The van der Waals surface area contributed by atoms with Crippen molar-refractivity contribution in [3.63, 3.8) is 0 Å². The van der Waals surface area contributed by atoms with Gasteiger partial charge < -0.3 is 19.7 Å². The Kier molecular flexibility index (Phi) is 5.90. The van der Waals surface area contributed by atoms with Crippen LogP contribution in [0.2, 0.25) is 0 Å². The number of para-hydroxylation sites is 2. The van der Waals surface area contributed by atoms with Crippen LogP contribution in [-0.2, 0) is 4.79 Å². The highest BCUT2D eigenvalue weighted by Crippen LogP contribution is 2.20. The van der Waals surface area contributed by atoms with Crippen LogP contribution in [0.5, 0.6) is 0 Å². The van der Waals surface area contributed by atoms with Gasteiger partial charge in [-0.3, -0.25) is 9.59 Å². The first-order chi connectivity index (χ1) is 14.6. The molecule has 0 aliphatic carbocycles. The molecule has 2 N–H and O–H groups in total. The van der Waals surface area contributed by atoms with Crippen molar-refractivity contribution in [3.05, 3.63) is 66.1 Å². The van der Waals surface area contributed by atoms with E-state index in [1.165, 1.54) is 12.2 Å². The normalized spacial score (nSPS) is 15.0. The quantitative estimate of drug-likeness (QED) is 0.635. The molecule has 2 aromatic carbocycles. The molecule has 1 saturated heterocycles. The molecule has 7 nitrogen and oxygen atoms in total. The van der Waals surface area contributed by atoms with Crippen LogP contribution < -0.4 is 5.32 Å². The largest absolute Gasteiger partial charge is 0.437 e. The van der Waals surface area contributed by atoms with Gasteiger partial charge in [-0.2, -0.15) is 0 Å². The molecular formula is C23H23N3O4. The molecule has 1 aromatic heterocycles. The van der Waals surface area contributed by atoms with Crippen molar-refractivity contribution in [2.75, 3.05) is 25.0 Å². The van der Waals surface area contributed by atoms with Crippen molar-refractivity contribution in [2.45, 2.75) is 12.8 Å². The molecule has 4 rings (SSSR count). The number of nitrogens with zero attached hydrogens (tertiary/aromatic N) is 2. The van der Waals surface area contributed by atoms with Gasteiger partial charge in [-0.05, 0) is 49.1 Å². The molecule has 0 spiro atoms. The SMILES string of the molecule is O=C(C=Cc1nc2ccccc2o1)Nc1cccc(C(=O)N2CCC(CO)CC2)c1. The lowest BCUT2D eigenvalue weighted by atomic mass is 9.97. The summed E-state index contributed by atoms with van der Waals surface area (Å²) in [6.45, 7) is 1.43. The van der Waals surface area contributed by atoms with Gasteiger partial charge in [-0.15, -0.1) is 0 Å². The highest BCUT2D eigenvalue weighted by molar-refractivity contribution is 6.03. The summed E-state index contributed by atoms with van der Waals surface area (Å²) in [5.41, 5.74) is 2.45. The van der Waals surface area contributed by atoms with E-state index in [0.29, 0.717) is 35.8 Å². The van der Waals surface area contributed by atoms with Gasteiger partial charge in [0.15, 0.2) is 5.58 Å². The lowest BCUT2D eigenvalue weighted by molar-refractivity contribution is -0.111. The van der Waals surface area contributed by atoms with Gasteiger partial charge in [-0.1, -0.05) is 18.2 Å². The maximum Gasteiger partial charge on any atom is 0.253 e. The predicted molar refractivity (Wildman–Crippen MR) is 114 cm³/mol. The predicted octanol–water partition coefficient (Wildman–Crippen LogP) is 3.32. The van der Waals surface area contributed by atoms with Gasteiger partial charge in [0, 0.05) is 43.1 Å². The van der Waals surface area contributed by atoms with Crippen molar-refractivity contribution in [2.24, 2.45) is 5.92 Å². The number of hydrogen-bond donors (Lipinski definition) is 2. The molecule has 0 saturated carbocycles. The lowest BCUT2D eigenvalue weighted by Gasteiger charge is -2.31. The van der Waals surface area contributed by atoms with Crippen LogP contribution in [0.4, 0.5) is 5.69 Å². The zero-order chi connectivity index (χ0) is 20.9. The third kappa shape index (κ3) is 4.58. The van der Waals surface area contributed by atoms with E-state index >= 15 is 0 Å². The fourth-order valence-corrected chi connectivity index (χ4v) is 3.52. The number of fused-ring (bicyclic) bond motifs is 1. The number of anilines is 1. The van der Waals surface area contributed by atoms with Crippen LogP contribution in [0.25, 0.3) is 17.2 Å². The van der Waals surface area contributed by atoms with Gasteiger partial charge in [0.25, 0.3) is 5.91 Å². The number of benzene rings is 2. The third-order valence-electron chi connectivity index (χ3n) is 5.22. The Balaban J connectivity index is 1.38. The highest BCUT2D eigenvalue weighted by Gasteiger charge is 2.23. The van der Waals surface area contributed by atoms with Gasteiger partial charge in [0.2, 0.25) is 11.8 Å². The van der Waals surface area contributed by atoms with Gasteiger partial charge >= 0.3 is 0 Å². The maximum atomic E-state index is 12.7. The molecule has 0 atom stereocenters. The van der Waals surface area contributed by atoms with E-state index in [0.717, 1.165) is 18.4 Å². The molecule has 2 heterocycles. The second-order valence-electron chi connectivity index (χ2n) is 7.34. The number of oxazole rings is 1. The smallest absolute Gasteiger partial charge is 0.253 e. The number of amides is 2. The monoisotopic (exact) mass is 405 g/mol. The molecule has 1 aliphatic rings. The Bertz CT molecular complexity index is 1050. The summed E-state index contributed by atoms with van der Waals surface area (Å²) in [5, 5.41) is 12.0. The molecule has 30 heavy (non-hydrogen) atoms. The first kappa shape index (κ1) is 19.8. The Morgan fingerprint density at radius 3 is 2.73 bits per heavy atom. The minimum atomic E-state index is -0.342. The molecular weight excluding hydrogens is 382 g/mol. The number of rotatable bonds is 5. The summed E-state index contributed by atoms with van der Waals surface area (Å²) in [5.74, 6) is 0.212. The van der Waals surface area contributed by atoms with E-state index in [9.17, 15) is 14.7 Å². The van der Waals surface area contributed by atoms with Gasteiger partial charge in [0.1, 0.15) is 5.52 Å². The second-order valence-corrected chi connectivity index (χ2v) is 7.34. The maximum absolute atomic E-state index is 12.7. The Morgan fingerprint density at radius 1 is 1.17 bits per heavy atom. The number of likely N-dealkylation sites (tertiary alicyclic amines) is 1. The van der Waals surface area contributed by atoms with Crippen molar-refractivity contribution >= 4 is 34.7 Å². The number of nitrogens with one attached hydrogen (secondary N) is 1. The average Bonchev–Trinajstić information content (AvgIpc) is 3.20. The molecule has 3 aromatic rings. The van der Waals surface area contributed by atoms with Gasteiger partial charge in [-0.25, -0.2) is 4.98 Å². The molecule has 0 unspecified atom stereocenters. The van der Waals surface area contributed by atoms with E-state index < -0.39 is 0 Å². The summed E-state index contributed by atoms with van der Waals surface area (Å²) >= 11 is 0. The van der Waals surface area contributed by atoms with E-state index in [1.54, 1.807) is 29.2 Å². The summed E-state index contributed by atoms with van der Waals surface area (Å²) in [4.78, 5) is 31.1. The van der Waals surface area contributed by atoms with E-state index in [1.807, 2.05) is 24.3 Å². The van der Waals surface area contributed by atoms with Crippen molar-refractivity contribution < 1.29 is 19.1 Å². The first-order valence-corrected chi connectivity index (χ1v) is 9.97. The Labute approximate surface area is 174 Å². The van der Waals surface area contributed by atoms with Crippen molar-refractivity contribution in [3.8, 4) is 0 Å². The number of aliphatic hydroxyl groups excluding tert-OH is 1. The Hall–Kier alpha value is -3.45. The van der Waals surface area contributed by atoms with Crippen LogP contribution in [0.1, 0.15) is 29.1 Å². The summed E-state index contributed by atoms with van der Waals surface area (Å²) in [7, 11) is 0. The molecule has 1 aliphatic heterocycles. The molecule has 1 fully saturated rings. The fraction of sp³-hybridized carbons (Fsp3) is 0.261. The standard InChI is InChI=1S/C23H23N3O4/c27-15-16-10-12-26(13-11-16)23(29)17-4-3-5-18(14-17)24-21(28)8-9-22-25-19-6-1-2-7-20(19)30-22/h1-9,14,16,27H,10-13,15H2,(H,24,28). The molecule has 7 heteroatoms. The highest BCUT2D eigenvalue weighted by atomic mass is 16.3. The molecule has 0 bridgehead atoms. The number of hydrogen-bond acceptors (Lipinski definition) is 5. The minimum Gasteiger partial charge on any atom is -0.437 e. The molecule has 2 amide bonds. The zero-order valence-electron chi connectivity index (χ0n) is 16.5. The van der Waals surface area contributed by atoms with Crippen LogP contribution in [0, 0.1) is 5.92 Å². The first-order valence-electron chi connectivity index (χ1n) is 9.97. The van der Waals surface area contributed by atoms with Crippen molar-refractivity contribution in [1.82, 2.24) is 9.88 Å². The molecule has 154 valence electrons. The average molecular weight is 405 g/mol. The number of carbonyl (C=O) groups excluding carboxylic acids is 2. The minimum absolute atomic E-state index is 0.0653. The van der Waals surface area contributed by atoms with Crippen LogP contribution in [-0.4, -0.2) is 46.5 Å². The second kappa shape index (κ2) is 8.92. The third-order valence-corrected chi connectivity index (χ3v) is 5.22. The zero-order valence-corrected chi connectivity index (χ0v) is 16.5. The fourth-order valence-electron chi connectivity index (χ4n) is 3.52. The Morgan fingerprint density at radius 2 is 1.97 bits per heavy atom. The van der Waals surface area contributed by atoms with Gasteiger partial charge in [0.05, 0.1) is 0 Å². The van der Waals surface area contributed by atoms with Crippen molar-refractivity contribution in [1.29, 1.82) is 0 Å². The van der Waals surface area contributed by atoms with E-state index in [-0.39, 0.29) is 24.3 Å². The lowest BCUT2D eigenvalue weighted by Crippen LogP contribution is -2.39. The number of aliphatic hydroxyl groups is 1. The number of carbonyl (C=O) groups is 2. The van der Waals surface area contributed by atoms with Crippen LogP contribution in [0.15, 0.2) is 59.0 Å². The van der Waals surface area contributed by atoms with Crippen LogP contribution >= 0.6 is 0 Å². The summed E-state index contributed by atoms with van der Waals surface area (Å²) in [6, 6.07) is 14.3. The number of piperidine rings is 1.